The summed E-state index contributed by atoms with van der Waals surface area (Å²) in [5.74, 6) is 0.591. The van der Waals surface area contributed by atoms with Crippen LogP contribution in [0, 0.1) is 26.7 Å². The van der Waals surface area contributed by atoms with Crippen molar-refractivity contribution in [1.82, 2.24) is 24.5 Å². The van der Waals surface area contributed by atoms with E-state index >= 15 is 0 Å². The van der Waals surface area contributed by atoms with Gasteiger partial charge in [0, 0.05) is 18.5 Å². The van der Waals surface area contributed by atoms with Gasteiger partial charge in [0.1, 0.15) is 12.1 Å². The maximum atomic E-state index is 13.3. The Balaban J connectivity index is 1.74. The first kappa shape index (κ1) is 19.4. The van der Waals surface area contributed by atoms with Gasteiger partial charge < -0.3 is 4.90 Å². The van der Waals surface area contributed by atoms with Crippen molar-refractivity contribution in [1.29, 1.82) is 0 Å². The number of hydrogen-bond acceptors (Lipinski definition) is 4. The van der Waals surface area contributed by atoms with Gasteiger partial charge in [-0.1, -0.05) is 24.6 Å². The monoisotopic (exact) mass is 393 g/mol. The molecule has 1 amide bonds. The number of hydrogen-bond donors (Lipinski definition) is 0. The van der Waals surface area contributed by atoms with Crippen LogP contribution in [0.15, 0.2) is 29.2 Å². The molecule has 0 aliphatic carbocycles. The molecule has 0 radical (unpaired) electrons. The van der Waals surface area contributed by atoms with Gasteiger partial charge in [0.2, 0.25) is 5.91 Å². The van der Waals surface area contributed by atoms with Gasteiger partial charge in [-0.15, -0.1) is 0 Å². The lowest BCUT2D eigenvalue weighted by Crippen LogP contribution is -2.42. The first-order valence-corrected chi connectivity index (χ1v) is 10.2. The van der Waals surface area contributed by atoms with Crippen molar-refractivity contribution >= 4 is 16.8 Å². The van der Waals surface area contributed by atoms with Crippen molar-refractivity contribution < 1.29 is 4.79 Å². The molecule has 3 aromatic rings. The Bertz CT molecular complexity index is 1140. The quantitative estimate of drug-likeness (QED) is 0.686. The van der Waals surface area contributed by atoms with Gasteiger partial charge >= 0.3 is 0 Å². The van der Waals surface area contributed by atoms with Gasteiger partial charge in [-0.05, 0) is 51.2 Å². The SMILES string of the molecule is Cc1ccc(-n2ncc3c(C)nn(CC(=O)N4CCC(C)CC4)c(=O)c32)c(C)c1. The molecule has 7 nitrogen and oxygen atoms in total. The Labute approximate surface area is 169 Å². The van der Waals surface area contributed by atoms with Crippen LogP contribution in [0.25, 0.3) is 16.6 Å². The van der Waals surface area contributed by atoms with E-state index in [4.69, 9.17) is 0 Å². The number of carbonyl (C=O) groups excluding carboxylic acids is 1. The van der Waals surface area contributed by atoms with Crippen molar-refractivity contribution in [2.75, 3.05) is 13.1 Å². The molecule has 0 saturated carbocycles. The van der Waals surface area contributed by atoms with E-state index < -0.39 is 0 Å². The summed E-state index contributed by atoms with van der Waals surface area (Å²) in [6, 6.07) is 6.04. The van der Waals surface area contributed by atoms with Crippen LogP contribution < -0.4 is 5.56 Å². The summed E-state index contributed by atoms with van der Waals surface area (Å²) in [6.45, 7) is 9.54. The molecule has 2 aromatic heterocycles. The van der Waals surface area contributed by atoms with E-state index in [1.807, 2.05) is 37.8 Å². The smallest absolute Gasteiger partial charge is 0.293 e. The molecular weight excluding hydrogens is 366 g/mol. The molecule has 1 aliphatic rings. The third kappa shape index (κ3) is 3.57. The highest BCUT2D eigenvalue weighted by molar-refractivity contribution is 5.82. The number of likely N-dealkylation sites (tertiary alicyclic amines) is 1. The molecule has 0 spiro atoms. The van der Waals surface area contributed by atoms with Crippen LogP contribution in [-0.2, 0) is 11.3 Å². The van der Waals surface area contributed by atoms with Crippen LogP contribution >= 0.6 is 0 Å². The molecule has 1 aliphatic heterocycles. The van der Waals surface area contributed by atoms with E-state index in [1.165, 1.54) is 4.68 Å². The second-order valence-corrected chi connectivity index (χ2v) is 8.22. The fraction of sp³-hybridized carbons (Fsp3) is 0.455. The van der Waals surface area contributed by atoms with Gasteiger partial charge in [-0.3, -0.25) is 9.59 Å². The largest absolute Gasteiger partial charge is 0.341 e. The number of aryl methyl sites for hydroxylation is 3. The van der Waals surface area contributed by atoms with E-state index in [0.717, 1.165) is 42.7 Å². The fourth-order valence-corrected chi connectivity index (χ4v) is 4.04. The molecule has 0 N–H and O–H groups in total. The molecule has 1 saturated heterocycles. The van der Waals surface area contributed by atoms with E-state index in [9.17, 15) is 9.59 Å². The zero-order valence-electron chi connectivity index (χ0n) is 17.5. The molecule has 0 atom stereocenters. The van der Waals surface area contributed by atoms with E-state index in [0.29, 0.717) is 22.5 Å². The van der Waals surface area contributed by atoms with Gasteiger partial charge in [-0.25, -0.2) is 9.36 Å². The minimum Gasteiger partial charge on any atom is -0.341 e. The van der Waals surface area contributed by atoms with Crippen LogP contribution in [0.4, 0.5) is 0 Å². The second-order valence-electron chi connectivity index (χ2n) is 8.22. The van der Waals surface area contributed by atoms with Crippen molar-refractivity contribution in [3.05, 3.63) is 51.6 Å². The van der Waals surface area contributed by atoms with Crippen molar-refractivity contribution in [3.63, 3.8) is 0 Å². The van der Waals surface area contributed by atoms with Crippen LogP contribution in [0.3, 0.4) is 0 Å². The molecule has 4 rings (SSSR count). The fourth-order valence-electron chi connectivity index (χ4n) is 4.04. The van der Waals surface area contributed by atoms with Gasteiger partial charge in [0.05, 0.1) is 17.6 Å². The third-order valence-electron chi connectivity index (χ3n) is 5.87. The number of fused-ring (bicyclic) bond motifs is 1. The van der Waals surface area contributed by atoms with Crippen LogP contribution in [0.1, 0.15) is 36.6 Å². The predicted octanol–water partition coefficient (Wildman–Crippen LogP) is 2.77. The normalized spacial score (nSPS) is 15.2. The summed E-state index contributed by atoms with van der Waals surface area (Å²) in [5.41, 5.74) is 3.91. The average Bonchev–Trinajstić information content (AvgIpc) is 3.12. The van der Waals surface area contributed by atoms with Gasteiger partial charge in [0.25, 0.3) is 5.56 Å². The zero-order chi connectivity index (χ0) is 20.7. The number of amides is 1. The number of rotatable bonds is 3. The molecular formula is C22H27N5O2. The van der Waals surface area contributed by atoms with Crippen molar-refractivity contribution in [2.24, 2.45) is 5.92 Å². The highest BCUT2D eigenvalue weighted by atomic mass is 16.2. The number of benzene rings is 1. The molecule has 1 aromatic carbocycles. The predicted molar refractivity (Wildman–Crippen MR) is 112 cm³/mol. The van der Waals surface area contributed by atoms with Crippen molar-refractivity contribution in [2.45, 2.75) is 47.1 Å². The van der Waals surface area contributed by atoms with E-state index in [2.05, 4.69) is 23.2 Å². The molecule has 152 valence electrons. The van der Waals surface area contributed by atoms with Crippen LogP contribution in [0.2, 0.25) is 0 Å². The Morgan fingerprint density at radius 1 is 1.17 bits per heavy atom. The zero-order valence-corrected chi connectivity index (χ0v) is 17.5. The first-order valence-electron chi connectivity index (χ1n) is 10.2. The summed E-state index contributed by atoms with van der Waals surface area (Å²) in [4.78, 5) is 27.9. The molecule has 3 heterocycles. The lowest BCUT2D eigenvalue weighted by molar-refractivity contribution is -0.133. The molecule has 1 fully saturated rings. The Morgan fingerprint density at radius 3 is 2.59 bits per heavy atom. The lowest BCUT2D eigenvalue weighted by Gasteiger charge is -2.30. The summed E-state index contributed by atoms with van der Waals surface area (Å²) in [6.07, 6.45) is 3.69. The minimum absolute atomic E-state index is 0.0396. The third-order valence-corrected chi connectivity index (χ3v) is 5.87. The highest BCUT2D eigenvalue weighted by Crippen LogP contribution is 2.21. The summed E-state index contributed by atoms with van der Waals surface area (Å²) in [7, 11) is 0. The maximum absolute atomic E-state index is 13.3. The highest BCUT2D eigenvalue weighted by Gasteiger charge is 2.23. The Hall–Kier alpha value is -2.96. The standard InChI is InChI=1S/C22H27N5O2/c1-14-7-9-25(10-8-14)20(28)13-26-22(29)21-18(17(4)24-26)12-23-27(21)19-6-5-15(2)11-16(19)3/h5-6,11-12,14H,7-10,13H2,1-4H3. The van der Waals surface area contributed by atoms with E-state index in [-0.39, 0.29) is 18.0 Å². The van der Waals surface area contributed by atoms with Crippen LogP contribution in [-0.4, -0.2) is 43.5 Å². The molecule has 0 bridgehead atoms. The lowest BCUT2D eigenvalue weighted by atomic mass is 9.99. The summed E-state index contributed by atoms with van der Waals surface area (Å²) >= 11 is 0. The Morgan fingerprint density at radius 2 is 1.90 bits per heavy atom. The van der Waals surface area contributed by atoms with E-state index in [1.54, 1.807) is 10.9 Å². The maximum Gasteiger partial charge on any atom is 0.293 e. The average molecular weight is 393 g/mol. The molecule has 0 unspecified atom stereocenters. The number of aromatic nitrogens is 4. The van der Waals surface area contributed by atoms with Gasteiger partial charge in [-0.2, -0.15) is 10.2 Å². The van der Waals surface area contributed by atoms with Crippen LogP contribution in [0.5, 0.6) is 0 Å². The second kappa shape index (κ2) is 7.46. The summed E-state index contributed by atoms with van der Waals surface area (Å²) < 4.78 is 2.96. The minimum atomic E-state index is -0.290. The molecule has 29 heavy (non-hydrogen) atoms. The number of carbonyl (C=O) groups is 1. The van der Waals surface area contributed by atoms with Gasteiger partial charge in [0.15, 0.2) is 0 Å². The number of piperidine rings is 1. The summed E-state index contributed by atoms with van der Waals surface area (Å²) in [5, 5.41) is 9.58. The number of nitrogens with zero attached hydrogens (tertiary/aromatic N) is 5. The van der Waals surface area contributed by atoms with Crippen molar-refractivity contribution in [3.8, 4) is 5.69 Å². The first-order chi connectivity index (χ1) is 13.8. The molecule has 7 heteroatoms. The topological polar surface area (TPSA) is 73.0 Å². The Kier molecular flexibility index (Phi) is 4.98.